The fourth-order valence-electron chi connectivity index (χ4n) is 2.75. The molecule has 1 aromatic heterocycles. The minimum atomic E-state index is 0.613. The molecule has 4 heteroatoms. The summed E-state index contributed by atoms with van der Waals surface area (Å²) in [6, 6.07) is 7.95. The van der Waals surface area contributed by atoms with Gasteiger partial charge in [0.25, 0.3) is 0 Å². The number of benzene rings is 1. The molecule has 0 amide bonds. The zero-order valence-electron chi connectivity index (χ0n) is 11.7. The maximum atomic E-state index is 6.00. The Morgan fingerprint density at radius 2 is 1.95 bits per heavy atom. The highest BCUT2D eigenvalue weighted by Gasteiger charge is 2.11. The van der Waals surface area contributed by atoms with E-state index >= 15 is 0 Å². The maximum absolute atomic E-state index is 6.00. The highest BCUT2D eigenvalue weighted by atomic mass is 16.5. The number of nitrogens with zero attached hydrogens (tertiary/aromatic N) is 2. The monoisotopic (exact) mass is 271 g/mol. The molecular weight excluding hydrogens is 250 g/mol. The molecule has 2 heterocycles. The standard InChI is InChI=1S/C16H21N3O/c17-14-12-18-15-7-3-2-6-13(15)16(14)20-11-10-19-8-4-1-5-9-19/h2-3,6-7,12H,1,4-5,8-11,17H2. The van der Waals surface area contributed by atoms with Crippen LogP contribution in [-0.2, 0) is 0 Å². The van der Waals surface area contributed by atoms with Gasteiger partial charge in [-0.15, -0.1) is 0 Å². The maximum Gasteiger partial charge on any atom is 0.153 e. The van der Waals surface area contributed by atoms with Gasteiger partial charge in [0.1, 0.15) is 6.61 Å². The molecule has 106 valence electrons. The Morgan fingerprint density at radius 1 is 1.15 bits per heavy atom. The summed E-state index contributed by atoms with van der Waals surface area (Å²) in [7, 11) is 0. The van der Waals surface area contributed by atoms with Gasteiger partial charge in [-0.1, -0.05) is 18.6 Å². The molecular formula is C16H21N3O. The number of aromatic nitrogens is 1. The van der Waals surface area contributed by atoms with Crippen molar-refractivity contribution in [3.63, 3.8) is 0 Å². The van der Waals surface area contributed by atoms with Crippen molar-refractivity contribution in [3.8, 4) is 5.75 Å². The number of likely N-dealkylation sites (tertiary alicyclic amines) is 1. The lowest BCUT2D eigenvalue weighted by Gasteiger charge is -2.26. The molecule has 1 saturated heterocycles. The number of hydrogen-bond donors (Lipinski definition) is 1. The van der Waals surface area contributed by atoms with E-state index in [1.807, 2.05) is 24.3 Å². The van der Waals surface area contributed by atoms with Gasteiger partial charge in [0.15, 0.2) is 5.75 Å². The molecule has 0 spiro atoms. The average molecular weight is 271 g/mol. The third-order valence-electron chi connectivity index (χ3n) is 3.86. The number of piperidine rings is 1. The third kappa shape index (κ3) is 2.85. The van der Waals surface area contributed by atoms with Crippen LogP contribution in [0.5, 0.6) is 5.75 Å². The van der Waals surface area contributed by atoms with Gasteiger partial charge in [-0.3, -0.25) is 9.88 Å². The Balaban J connectivity index is 1.68. The van der Waals surface area contributed by atoms with E-state index in [9.17, 15) is 0 Å². The molecule has 2 N–H and O–H groups in total. The molecule has 20 heavy (non-hydrogen) atoms. The zero-order valence-corrected chi connectivity index (χ0v) is 11.7. The number of pyridine rings is 1. The van der Waals surface area contributed by atoms with Gasteiger partial charge in [0.2, 0.25) is 0 Å². The summed E-state index contributed by atoms with van der Waals surface area (Å²) in [6.07, 6.45) is 5.65. The molecule has 0 aliphatic carbocycles. The van der Waals surface area contributed by atoms with Crippen LogP contribution >= 0.6 is 0 Å². The molecule has 0 bridgehead atoms. The number of nitrogen functional groups attached to an aromatic ring is 1. The summed E-state index contributed by atoms with van der Waals surface area (Å²) in [6.45, 7) is 4.03. The van der Waals surface area contributed by atoms with Crippen molar-refractivity contribution < 1.29 is 4.74 Å². The van der Waals surface area contributed by atoms with Crippen LogP contribution in [0.3, 0.4) is 0 Å². The van der Waals surface area contributed by atoms with Crippen molar-refractivity contribution in [3.05, 3.63) is 30.5 Å². The fourth-order valence-corrected chi connectivity index (χ4v) is 2.75. The van der Waals surface area contributed by atoms with Crippen molar-refractivity contribution in [2.45, 2.75) is 19.3 Å². The Bertz CT molecular complexity index is 579. The molecule has 2 aromatic rings. The first kappa shape index (κ1) is 13.2. The third-order valence-corrected chi connectivity index (χ3v) is 3.86. The van der Waals surface area contributed by atoms with Gasteiger partial charge in [-0.25, -0.2) is 0 Å². The van der Waals surface area contributed by atoms with E-state index in [1.165, 1.54) is 32.4 Å². The van der Waals surface area contributed by atoms with Crippen LogP contribution in [0.4, 0.5) is 5.69 Å². The van der Waals surface area contributed by atoms with E-state index in [2.05, 4.69) is 9.88 Å². The van der Waals surface area contributed by atoms with E-state index in [0.717, 1.165) is 23.2 Å². The minimum absolute atomic E-state index is 0.613. The van der Waals surface area contributed by atoms with Gasteiger partial charge in [0, 0.05) is 11.9 Å². The van der Waals surface area contributed by atoms with Crippen molar-refractivity contribution in [1.82, 2.24) is 9.88 Å². The quantitative estimate of drug-likeness (QED) is 0.929. The van der Waals surface area contributed by atoms with E-state index < -0.39 is 0 Å². The summed E-state index contributed by atoms with van der Waals surface area (Å²) in [5.41, 5.74) is 7.54. The number of para-hydroxylation sites is 1. The van der Waals surface area contributed by atoms with Crippen LogP contribution in [-0.4, -0.2) is 36.1 Å². The summed E-state index contributed by atoms with van der Waals surface area (Å²) in [5.74, 6) is 0.771. The van der Waals surface area contributed by atoms with Crippen LogP contribution in [0.2, 0.25) is 0 Å². The Hall–Kier alpha value is -1.81. The minimum Gasteiger partial charge on any atom is -0.489 e. The molecule has 4 nitrogen and oxygen atoms in total. The second kappa shape index (κ2) is 6.09. The van der Waals surface area contributed by atoms with Crippen molar-refractivity contribution in [2.75, 3.05) is 32.0 Å². The Morgan fingerprint density at radius 3 is 2.80 bits per heavy atom. The number of rotatable bonds is 4. The Kier molecular flexibility index (Phi) is 4.02. The lowest BCUT2D eigenvalue weighted by Crippen LogP contribution is -2.33. The molecule has 0 unspecified atom stereocenters. The normalized spacial score (nSPS) is 16.4. The summed E-state index contributed by atoms with van der Waals surface area (Å²) < 4.78 is 5.95. The molecule has 1 aliphatic rings. The molecule has 0 atom stereocenters. The number of ether oxygens (including phenoxy) is 1. The smallest absolute Gasteiger partial charge is 0.153 e. The van der Waals surface area contributed by atoms with Gasteiger partial charge >= 0.3 is 0 Å². The van der Waals surface area contributed by atoms with Crippen molar-refractivity contribution >= 4 is 16.6 Å². The number of fused-ring (bicyclic) bond motifs is 1. The Labute approximate surface area is 119 Å². The highest BCUT2D eigenvalue weighted by molar-refractivity contribution is 5.89. The topological polar surface area (TPSA) is 51.4 Å². The van der Waals surface area contributed by atoms with Crippen LogP contribution < -0.4 is 10.5 Å². The summed E-state index contributed by atoms with van der Waals surface area (Å²) >= 11 is 0. The second-order valence-corrected chi connectivity index (χ2v) is 5.31. The number of hydrogen-bond acceptors (Lipinski definition) is 4. The van der Waals surface area contributed by atoms with Gasteiger partial charge < -0.3 is 10.5 Å². The molecule has 1 aromatic carbocycles. The molecule has 0 radical (unpaired) electrons. The molecule has 1 fully saturated rings. The van der Waals surface area contributed by atoms with Crippen LogP contribution in [0.1, 0.15) is 19.3 Å². The van der Waals surface area contributed by atoms with Gasteiger partial charge in [-0.2, -0.15) is 0 Å². The van der Waals surface area contributed by atoms with Crippen molar-refractivity contribution in [2.24, 2.45) is 0 Å². The van der Waals surface area contributed by atoms with Crippen LogP contribution in [0, 0.1) is 0 Å². The van der Waals surface area contributed by atoms with E-state index in [4.69, 9.17) is 10.5 Å². The molecule has 3 rings (SSSR count). The van der Waals surface area contributed by atoms with E-state index in [0.29, 0.717) is 12.3 Å². The zero-order chi connectivity index (χ0) is 13.8. The van der Waals surface area contributed by atoms with Crippen LogP contribution in [0.15, 0.2) is 30.5 Å². The number of anilines is 1. The van der Waals surface area contributed by atoms with Gasteiger partial charge in [0.05, 0.1) is 17.4 Å². The molecule has 1 aliphatic heterocycles. The van der Waals surface area contributed by atoms with Crippen molar-refractivity contribution in [1.29, 1.82) is 0 Å². The van der Waals surface area contributed by atoms with E-state index in [1.54, 1.807) is 6.20 Å². The summed E-state index contributed by atoms with van der Waals surface area (Å²) in [4.78, 5) is 6.79. The fraction of sp³-hybridized carbons (Fsp3) is 0.438. The summed E-state index contributed by atoms with van der Waals surface area (Å²) in [5, 5.41) is 0.992. The first-order chi connectivity index (χ1) is 9.84. The largest absolute Gasteiger partial charge is 0.489 e. The first-order valence-corrected chi connectivity index (χ1v) is 7.33. The SMILES string of the molecule is Nc1cnc2ccccc2c1OCCN1CCCCC1. The predicted molar refractivity (Wildman–Crippen MR) is 81.9 cm³/mol. The first-order valence-electron chi connectivity index (χ1n) is 7.33. The lowest BCUT2D eigenvalue weighted by molar-refractivity contribution is 0.184. The van der Waals surface area contributed by atoms with Gasteiger partial charge in [-0.05, 0) is 38.1 Å². The second-order valence-electron chi connectivity index (χ2n) is 5.31. The highest BCUT2D eigenvalue weighted by Crippen LogP contribution is 2.29. The average Bonchev–Trinajstić information content (AvgIpc) is 2.50. The molecule has 0 saturated carbocycles. The van der Waals surface area contributed by atoms with E-state index in [-0.39, 0.29) is 0 Å². The number of nitrogens with two attached hydrogens (primary N) is 1. The predicted octanol–water partition coefficient (Wildman–Crippen LogP) is 2.68. The lowest BCUT2D eigenvalue weighted by atomic mass is 10.1. The van der Waals surface area contributed by atoms with Crippen LogP contribution in [0.25, 0.3) is 10.9 Å².